The first kappa shape index (κ1) is 6.89. The van der Waals surface area contributed by atoms with Gasteiger partial charge in [-0.1, -0.05) is 6.07 Å². The summed E-state index contributed by atoms with van der Waals surface area (Å²) in [6.45, 7) is -0.0356. The highest BCUT2D eigenvalue weighted by Gasteiger charge is 1.90. The molecule has 0 fully saturated rings. The largest absolute Gasteiger partial charge is 0.392 e. The van der Waals surface area contributed by atoms with E-state index in [-0.39, 0.29) is 6.61 Å². The average Bonchev–Trinajstić information content (AvgIpc) is 2.05. The number of rotatable bonds is 2. The number of hydrogen-bond acceptors (Lipinski definition) is 3. The maximum Gasteiger partial charge on any atom is 0.168 e. The predicted molar refractivity (Wildman–Crippen MR) is 35.5 cm³/mol. The molecule has 0 atom stereocenters. The van der Waals surface area contributed by atoms with Gasteiger partial charge in [-0.05, 0) is 11.6 Å². The maximum absolute atomic E-state index is 10.1. The molecular formula is C7H7NO2. The van der Waals surface area contributed by atoms with Crippen molar-refractivity contribution >= 4 is 6.29 Å². The lowest BCUT2D eigenvalue weighted by Gasteiger charge is -1.92. The number of nitrogens with zero attached hydrogens (tertiary/aromatic N) is 1. The molecule has 0 saturated carbocycles. The lowest BCUT2D eigenvalue weighted by molar-refractivity contribution is 0.111. The molecule has 10 heavy (non-hydrogen) atoms. The van der Waals surface area contributed by atoms with Crippen LogP contribution in [0.2, 0.25) is 0 Å². The number of aromatic nitrogens is 1. The number of aliphatic hydroxyl groups excluding tert-OH is 1. The van der Waals surface area contributed by atoms with Crippen molar-refractivity contribution in [1.82, 2.24) is 4.98 Å². The summed E-state index contributed by atoms with van der Waals surface area (Å²) in [5, 5.41) is 8.57. The van der Waals surface area contributed by atoms with E-state index in [1.54, 1.807) is 12.1 Å². The van der Waals surface area contributed by atoms with Crippen molar-refractivity contribution < 1.29 is 9.90 Å². The molecule has 0 bridgehead atoms. The molecule has 1 aromatic rings. The monoisotopic (exact) mass is 137 g/mol. The van der Waals surface area contributed by atoms with Gasteiger partial charge in [0.2, 0.25) is 0 Å². The first-order chi connectivity index (χ1) is 4.86. The fourth-order valence-corrected chi connectivity index (χ4v) is 0.599. The Bertz CT molecular complexity index is 218. The smallest absolute Gasteiger partial charge is 0.168 e. The summed E-state index contributed by atoms with van der Waals surface area (Å²) < 4.78 is 0. The first-order valence-corrected chi connectivity index (χ1v) is 2.88. The van der Waals surface area contributed by atoms with E-state index in [2.05, 4.69) is 4.98 Å². The summed E-state index contributed by atoms with van der Waals surface area (Å²) in [6, 6.07) is 3.23. The van der Waals surface area contributed by atoms with Crippen molar-refractivity contribution in [2.24, 2.45) is 0 Å². The van der Waals surface area contributed by atoms with Gasteiger partial charge in [0.25, 0.3) is 0 Å². The van der Waals surface area contributed by atoms with E-state index in [4.69, 9.17) is 5.11 Å². The van der Waals surface area contributed by atoms with Gasteiger partial charge >= 0.3 is 0 Å². The molecule has 0 unspecified atom stereocenters. The van der Waals surface area contributed by atoms with Crippen molar-refractivity contribution in [2.75, 3.05) is 0 Å². The van der Waals surface area contributed by atoms with Crippen LogP contribution in [0.4, 0.5) is 0 Å². The second-order valence-corrected chi connectivity index (χ2v) is 1.87. The van der Waals surface area contributed by atoms with Crippen LogP contribution in [-0.4, -0.2) is 16.4 Å². The van der Waals surface area contributed by atoms with Gasteiger partial charge < -0.3 is 5.11 Å². The second-order valence-electron chi connectivity index (χ2n) is 1.87. The zero-order valence-corrected chi connectivity index (χ0v) is 5.32. The minimum Gasteiger partial charge on any atom is -0.392 e. The summed E-state index contributed by atoms with van der Waals surface area (Å²) in [5.74, 6) is 0. The summed E-state index contributed by atoms with van der Waals surface area (Å²) in [5.41, 5.74) is 1.10. The average molecular weight is 137 g/mol. The van der Waals surface area contributed by atoms with E-state index in [1.807, 2.05) is 0 Å². The van der Waals surface area contributed by atoms with Crippen molar-refractivity contribution in [3.8, 4) is 0 Å². The van der Waals surface area contributed by atoms with Gasteiger partial charge in [0.1, 0.15) is 5.69 Å². The standard InChI is InChI=1S/C7H7NO2/c9-4-6-1-2-7(5-10)8-3-6/h1-3,5,9H,4H2. The molecule has 0 amide bonds. The molecular weight excluding hydrogens is 130 g/mol. The van der Waals surface area contributed by atoms with Gasteiger partial charge in [-0.25, -0.2) is 0 Å². The second kappa shape index (κ2) is 3.08. The van der Waals surface area contributed by atoms with Crippen LogP contribution >= 0.6 is 0 Å². The van der Waals surface area contributed by atoms with Gasteiger partial charge in [-0.2, -0.15) is 0 Å². The third kappa shape index (κ3) is 1.39. The Kier molecular flexibility index (Phi) is 2.12. The van der Waals surface area contributed by atoms with Gasteiger partial charge in [-0.15, -0.1) is 0 Å². The van der Waals surface area contributed by atoms with Gasteiger partial charge in [-0.3, -0.25) is 9.78 Å². The Labute approximate surface area is 58.3 Å². The van der Waals surface area contributed by atoms with Crippen LogP contribution in [0.25, 0.3) is 0 Å². The highest BCUT2D eigenvalue weighted by atomic mass is 16.3. The van der Waals surface area contributed by atoms with Crippen molar-refractivity contribution in [2.45, 2.75) is 6.61 Å². The SMILES string of the molecule is O=Cc1ccc(CO)cn1. The van der Waals surface area contributed by atoms with Crippen LogP contribution < -0.4 is 0 Å². The number of aldehydes is 1. The molecule has 0 aliphatic heterocycles. The van der Waals surface area contributed by atoms with E-state index in [9.17, 15) is 4.79 Å². The van der Waals surface area contributed by atoms with Crippen LogP contribution in [0, 0.1) is 0 Å². The molecule has 0 aromatic carbocycles. The van der Waals surface area contributed by atoms with Crippen molar-refractivity contribution in [3.63, 3.8) is 0 Å². The molecule has 0 radical (unpaired) electrons. The molecule has 0 saturated heterocycles. The molecule has 1 aromatic heterocycles. The van der Waals surface area contributed by atoms with Gasteiger partial charge in [0.05, 0.1) is 6.61 Å². The molecule has 0 aliphatic rings. The fraction of sp³-hybridized carbons (Fsp3) is 0.143. The Balaban J connectivity index is 2.90. The molecule has 0 aliphatic carbocycles. The number of pyridine rings is 1. The zero-order valence-electron chi connectivity index (χ0n) is 5.32. The summed E-state index contributed by atoms with van der Waals surface area (Å²) in [7, 11) is 0. The van der Waals surface area contributed by atoms with E-state index in [0.717, 1.165) is 0 Å². The van der Waals surface area contributed by atoms with E-state index in [1.165, 1.54) is 6.20 Å². The Morgan fingerprint density at radius 3 is 2.80 bits per heavy atom. The normalized spacial score (nSPS) is 9.30. The van der Waals surface area contributed by atoms with Crippen LogP contribution in [0.15, 0.2) is 18.3 Å². The lowest BCUT2D eigenvalue weighted by atomic mass is 10.3. The summed E-state index contributed by atoms with van der Waals surface area (Å²) in [6.07, 6.45) is 2.14. The molecule has 1 heterocycles. The molecule has 0 spiro atoms. The highest BCUT2D eigenvalue weighted by Crippen LogP contribution is 1.96. The van der Waals surface area contributed by atoms with Crippen molar-refractivity contribution in [3.05, 3.63) is 29.6 Å². The molecule has 1 N–H and O–H groups in total. The number of hydrogen-bond donors (Lipinski definition) is 1. The van der Waals surface area contributed by atoms with Crippen LogP contribution in [0.3, 0.4) is 0 Å². The van der Waals surface area contributed by atoms with Gasteiger partial charge in [0, 0.05) is 6.20 Å². The highest BCUT2D eigenvalue weighted by molar-refractivity contribution is 5.71. The minimum atomic E-state index is -0.0356. The van der Waals surface area contributed by atoms with Crippen LogP contribution in [0.5, 0.6) is 0 Å². The Morgan fingerprint density at radius 1 is 1.60 bits per heavy atom. The number of aliphatic hydroxyl groups is 1. The molecule has 1 rings (SSSR count). The predicted octanol–water partition coefficient (Wildman–Crippen LogP) is 0.386. The fourth-order valence-electron chi connectivity index (χ4n) is 0.599. The van der Waals surface area contributed by atoms with E-state index >= 15 is 0 Å². The topological polar surface area (TPSA) is 50.2 Å². The van der Waals surface area contributed by atoms with E-state index in [0.29, 0.717) is 17.5 Å². The van der Waals surface area contributed by atoms with Crippen LogP contribution in [0.1, 0.15) is 16.1 Å². The summed E-state index contributed by atoms with van der Waals surface area (Å²) in [4.78, 5) is 13.8. The zero-order chi connectivity index (χ0) is 7.40. The van der Waals surface area contributed by atoms with Crippen LogP contribution in [-0.2, 0) is 6.61 Å². The molecule has 52 valence electrons. The molecule has 3 nitrogen and oxygen atoms in total. The van der Waals surface area contributed by atoms with Gasteiger partial charge in [0.15, 0.2) is 6.29 Å². The Morgan fingerprint density at radius 2 is 2.40 bits per heavy atom. The lowest BCUT2D eigenvalue weighted by Crippen LogP contribution is -1.88. The first-order valence-electron chi connectivity index (χ1n) is 2.88. The molecule has 3 heteroatoms. The summed E-state index contributed by atoms with van der Waals surface area (Å²) >= 11 is 0. The third-order valence-electron chi connectivity index (χ3n) is 1.15. The van der Waals surface area contributed by atoms with Crippen molar-refractivity contribution in [1.29, 1.82) is 0 Å². The maximum atomic E-state index is 10.1. The minimum absolute atomic E-state index is 0.0356. The third-order valence-corrected chi connectivity index (χ3v) is 1.15. The Hall–Kier alpha value is -1.22. The quantitative estimate of drug-likeness (QED) is 0.600. The number of carbonyl (C=O) groups is 1. The van der Waals surface area contributed by atoms with E-state index < -0.39 is 0 Å². The number of carbonyl (C=O) groups excluding carboxylic acids is 1.